The molecule has 1 aliphatic rings. The smallest absolute Gasteiger partial charge is 0.252 e. The molecule has 0 atom stereocenters. The number of carbonyl (C=O) groups excluding carboxylic acids is 1. The number of nitrogens with two attached hydrogens (primary N) is 1. The van der Waals surface area contributed by atoms with Crippen LogP contribution in [0, 0.1) is 5.82 Å². The molecule has 128 valence electrons. The topological polar surface area (TPSA) is 83.8 Å². The summed E-state index contributed by atoms with van der Waals surface area (Å²) in [5, 5.41) is 4.28. The largest absolute Gasteiger partial charge is 0.367 e. The number of carbonyl (C=O) groups is 1. The third-order valence-electron chi connectivity index (χ3n) is 4.79. The van der Waals surface area contributed by atoms with Gasteiger partial charge in [0, 0.05) is 17.6 Å². The summed E-state index contributed by atoms with van der Waals surface area (Å²) >= 11 is 0. The molecule has 1 amide bonds. The molecular weight excluding hydrogens is 319 g/mol. The number of hydrogen-bond donors (Lipinski definition) is 3. The highest BCUT2D eigenvalue weighted by atomic mass is 19.1. The number of H-pyrrole nitrogens is 1. The summed E-state index contributed by atoms with van der Waals surface area (Å²) in [4.78, 5) is 19.5. The molecule has 2 aromatic heterocycles. The van der Waals surface area contributed by atoms with E-state index in [2.05, 4.69) is 15.3 Å². The van der Waals surface area contributed by atoms with Crippen LogP contribution in [0.5, 0.6) is 0 Å². The van der Waals surface area contributed by atoms with Crippen molar-refractivity contribution in [2.45, 2.75) is 31.7 Å². The monoisotopic (exact) mass is 338 g/mol. The zero-order valence-electron chi connectivity index (χ0n) is 13.7. The molecule has 25 heavy (non-hydrogen) atoms. The van der Waals surface area contributed by atoms with E-state index in [0.717, 1.165) is 29.6 Å². The molecule has 0 radical (unpaired) electrons. The molecule has 0 spiro atoms. The molecule has 5 nitrogen and oxygen atoms in total. The lowest BCUT2D eigenvalue weighted by Crippen LogP contribution is -2.16. The number of primary amides is 1. The molecule has 1 aliphatic carbocycles. The fraction of sp³-hybridized carbons (Fsp3) is 0.263. The van der Waals surface area contributed by atoms with E-state index in [4.69, 9.17) is 5.73 Å². The second kappa shape index (κ2) is 6.20. The van der Waals surface area contributed by atoms with Crippen molar-refractivity contribution >= 4 is 22.8 Å². The Balaban J connectivity index is 1.88. The number of rotatable bonds is 4. The Morgan fingerprint density at radius 1 is 1.24 bits per heavy atom. The Morgan fingerprint density at radius 3 is 2.80 bits per heavy atom. The van der Waals surface area contributed by atoms with Crippen LogP contribution in [-0.4, -0.2) is 21.9 Å². The molecule has 6 heteroatoms. The zero-order valence-corrected chi connectivity index (χ0v) is 13.7. The van der Waals surface area contributed by atoms with Gasteiger partial charge in [-0.1, -0.05) is 25.0 Å². The van der Waals surface area contributed by atoms with Crippen molar-refractivity contribution in [2.24, 2.45) is 5.73 Å². The van der Waals surface area contributed by atoms with Crippen molar-refractivity contribution in [1.29, 1.82) is 0 Å². The predicted octanol–water partition coefficient (Wildman–Crippen LogP) is 3.82. The van der Waals surface area contributed by atoms with Crippen molar-refractivity contribution in [2.75, 3.05) is 5.32 Å². The summed E-state index contributed by atoms with van der Waals surface area (Å²) in [5.74, 6) is -0.675. The number of nitrogens with one attached hydrogen (secondary N) is 2. The number of hydrogen-bond acceptors (Lipinski definition) is 3. The number of nitrogens with zero attached hydrogens (tertiary/aromatic N) is 1. The average molecular weight is 338 g/mol. The van der Waals surface area contributed by atoms with Crippen molar-refractivity contribution in [3.63, 3.8) is 0 Å². The first-order valence-electron chi connectivity index (χ1n) is 8.47. The summed E-state index contributed by atoms with van der Waals surface area (Å²) in [7, 11) is 0. The molecule has 1 fully saturated rings. The Bertz CT molecular complexity index is 944. The lowest BCUT2D eigenvalue weighted by atomic mass is 9.97. The minimum atomic E-state index is -0.779. The molecule has 1 aromatic carbocycles. The van der Waals surface area contributed by atoms with Gasteiger partial charge in [-0.05, 0) is 42.2 Å². The molecule has 2 heterocycles. The number of benzene rings is 1. The van der Waals surface area contributed by atoms with Crippen molar-refractivity contribution in [1.82, 2.24) is 9.97 Å². The molecule has 4 N–H and O–H groups in total. The van der Waals surface area contributed by atoms with E-state index >= 15 is 0 Å². The van der Waals surface area contributed by atoms with Gasteiger partial charge < -0.3 is 16.0 Å². The molecule has 1 saturated carbocycles. The van der Waals surface area contributed by atoms with Gasteiger partial charge in [0.25, 0.3) is 5.91 Å². The highest BCUT2D eigenvalue weighted by molar-refractivity contribution is 6.05. The second-order valence-corrected chi connectivity index (χ2v) is 6.45. The van der Waals surface area contributed by atoms with Crippen LogP contribution in [0.4, 0.5) is 10.2 Å². The van der Waals surface area contributed by atoms with E-state index < -0.39 is 11.7 Å². The first-order chi connectivity index (χ1) is 12.1. The van der Waals surface area contributed by atoms with E-state index in [0.29, 0.717) is 17.3 Å². The standard InChI is InChI=1S/C19H19FN4O/c20-15-7-3-6-12(17(15)18(21)25)14-10-16(23-11-4-1-2-5-11)24-19-13(14)8-9-22-19/h3,6-11H,1-2,4-5H2,(H2,21,25)(H2,22,23,24). The average Bonchev–Trinajstić information content (AvgIpc) is 3.25. The third-order valence-corrected chi connectivity index (χ3v) is 4.79. The lowest BCUT2D eigenvalue weighted by molar-refractivity contribution is 0.0997. The number of anilines is 1. The molecular formula is C19H19FN4O. The van der Waals surface area contributed by atoms with E-state index in [1.807, 2.05) is 12.1 Å². The maximum absolute atomic E-state index is 14.2. The first kappa shape index (κ1) is 15.6. The van der Waals surface area contributed by atoms with Gasteiger partial charge in [-0.2, -0.15) is 0 Å². The van der Waals surface area contributed by atoms with Crippen LogP contribution in [-0.2, 0) is 0 Å². The SMILES string of the molecule is NC(=O)c1c(F)cccc1-c1cc(NC2CCCC2)nc2[nH]ccc12. The quantitative estimate of drug-likeness (QED) is 0.676. The number of pyridine rings is 1. The Morgan fingerprint density at radius 2 is 2.04 bits per heavy atom. The fourth-order valence-electron chi connectivity index (χ4n) is 3.61. The normalized spacial score (nSPS) is 14.9. The van der Waals surface area contributed by atoms with E-state index in [9.17, 15) is 9.18 Å². The number of aromatic amines is 1. The third kappa shape index (κ3) is 2.84. The number of fused-ring (bicyclic) bond motifs is 1. The zero-order chi connectivity index (χ0) is 17.4. The Labute approximate surface area is 144 Å². The van der Waals surface area contributed by atoms with E-state index in [1.165, 1.54) is 18.9 Å². The van der Waals surface area contributed by atoms with Gasteiger partial charge in [0.15, 0.2) is 0 Å². The van der Waals surface area contributed by atoms with Gasteiger partial charge in [0.05, 0.1) is 5.56 Å². The minimum absolute atomic E-state index is 0.0944. The van der Waals surface area contributed by atoms with E-state index in [-0.39, 0.29) is 5.56 Å². The molecule has 0 unspecified atom stereocenters. The second-order valence-electron chi connectivity index (χ2n) is 6.45. The van der Waals surface area contributed by atoms with Crippen LogP contribution < -0.4 is 11.1 Å². The molecule has 0 aliphatic heterocycles. The highest BCUT2D eigenvalue weighted by Crippen LogP contribution is 2.34. The molecule has 0 saturated heterocycles. The Hall–Kier alpha value is -2.89. The maximum atomic E-state index is 14.2. The van der Waals surface area contributed by atoms with Gasteiger partial charge in [-0.15, -0.1) is 0 Å². The summed E-state index contributed by atoms with van der Waals surface area (Å²) in [6.45, 7) is 0. The molecule has 4 rings (SSSR count). The van der Waals surface area contributed by atoms with Gasteiger partial charge in [0.1, 0.15) is 17.3 Å². The van der Waals surface area contributed by atoms with Gasteiger partial charge >= 0.3 is 0 Å². The summed E-state index contributed by atoms with van der Waals surface area (Å²) in [6.07, 6.45) is 6.44. The summed E-state index contributed by atoms with van der Waals surface area (Å²) in [6, 6.07) is 8.68. The van der Waals surface area contributed by atoms with Crippen LogP contribution in [0.15, 0.2) is 36.5 Å². The van der Waals surface area contributed by atoms with Crippen LogP contribution in [0.2, 0.25) is 0 Å². The van der Waals surface area contributed by atoms with Gasteiger partial charge in [-0.3, -0.25) is 4.79 Å². The van der Waals surface area contributed by atoms with Gasteiger partial charge in [0.2, 0.25) is 0 Å². The predicted molar refractivity (Wildman–Crippen MR) is 95.9 cm³/mol. The van der Waals surface area contributed by atoms with Crippen LogP contribution in [0.25, 0.3) is 22.2 Å². The van der Waals surface area contributed by atoms with Gasteiger partial charge in [-0.25, -0.2) is 9.37 Å². The van der Waals surface area contributed by atoms with Crippen LogP contribution in [0.3, 0.4) is 0 Å². The summed E-state index contributed by atoms with van der Waals surface area (Å²) in [5.41, 5.74) is 7.24. The van der Waals surface area contributed by atoms with E-state index in [1.54, 1.807) is 18.3 Å². The van der Waals surface area contributed by atoms with Crippen molar-refractivity contribution < 1.29 is 9.18 Å². The summed E-state index contributed by atoms with van der Waals surface area (Å²) < 4.78 is 14.2. The lowest BCUT2D eigenvalue weighted by Gasteiger charge is -2.15. The minimum Gasteiger partial charge on any atom is -0.367 e. The molecule has 3 aromatic rings. The maximum Gasteiger partial charge on any atom is 0.252 e. The van der Waals surface area contributed by atoms with Crippen LogP contribution in [0.1, 0.15) is 36.0 Å². The number of halogens is 1. The number of aromatic nitrogens is 2. The number of amides is 1. The van der Waals surface area contributed by atoms with Crippen LogP contribution >= 0.6 is 0 Å². The Kier molecular flexibility index (Phi) is 3.87. The van der Waals surface area contributed by atoms with Crippen molar-refractivity contribution in [3.05, 3.63) is 47.9 Å². The molecule has 0 bridgehead atoms. The first-order valence-corrected chi connectivity index (χ1v) is 8.47. The fourth-order valence-corrected chi connectivity index (χ4v) is 3.61. The highest BCUT2D eigenvalue weighted by Gasteiger charge is 2.20. The van der Waals surface area contributed by atoms with Crippen molar-refractivity contribution in [3.8, 4) is 11.1 Å².